The summed E-state index contributed by atoms with van der Waals surface area (Å²) < 4.78 is 18.4. The van der Waals surface area contributed by atoms with Gasteiger partial charge in [0.15, 0.2) is 0 Å². The second kappa shape index (κ2) is 10.0. The van der Waals surface area contributed by atoms with Crippen molar-refractivity contribution in [3.8, 4) is 11.1 Å². The lowest BCUT2D eigenvalue weighted by molar-refractivity contribution is 0.281. The van der Waals surface area contributed by atoms with Crippen LogP contribution in [0.4, 0.5) is 15.9 Å². The number of nitrogens with zero attached hydrogens (tertiary/aromatic N) is 2. The summed E-state index contributed by atoms with van der Waals surface area (Å²) in [6.45, 7) is 1.66. The molecule has 170 valence electrons. The highest BCUT2D eigenvalue weighted by molar-refractivity contribution is 9.10. The molecule has 0 saturated carbocycles. The summed E-state index contributed by atoms with van der Waals surface area (Å²) in [5.41, 5.74) is 4.01. The van der Waals surface area contributed by atoms with Crippen molar-refractivity contribution in [1.82, 2.24) is 9.97 Å². The lowest BCUT2D eigenvalue weighted by atomic mass is 10.0. The second-order valence-corrected chi connectivity index (χ2v) is 9.70. The quantitative estimate of drug-likeness (QED) is 0.210. The van der Waals surface area contributed by atoms with Gasteiger partial charge in [-0.1, -0.05) is 39.1 Å². The van der Waals surface area contributed by atoms with Crippen molar-refractivity contribution in [2.75, 3.05) is 17.1 Å². The van der Waals surface area contributed by atoms with Crippen LogP contribution in [0.25, 0.3) is 22.0 Å². The lowest BCUT2D eigenvalue weighted by Crippen LogP contribution is -1.97. The molecule has 0 spiro atoms. The fourth-order valence-corrected chi connectivity index (χ4v) is 5.23. The van der Waals surface area contributed by atoms with E-state index < -0.39 is 5.82 Å². The fraction of sp³-hybridized carbons (Fsp3) is 0.130. The molecular weight excluding hydrogens is 550 g/mol. The maximum atomic E-state index is 14.8. The van der Waals surface area contributed by atoms with Crippen molar-refractivity contribution in [2.45, 2.75) is 18.4 Å². The molecule has 0 bridgehead atoms. The summed E-state index contributed by atoms with van der Waals surface area (Å²) in [6, 6.07) is 10.2. The van der Waals surface area contributed by atoms with Crippen molar-refractivity contribution in [1.29, 1.82) is 0 Å². The third-order valence-corrected chi connectivity index (χ3v) is 7.31. The maximum absolute atomic E-state index is 14.8. The summed E-state index contributed by atoms with van der Waals surface area (Å²) in [7, 11) is 1.80. The van der Waals surface area contributed by atoms with Gasteiger partial charge in [-0.05, 0) is 60.3 Å². The Morgan fingerprint density at radius 3 is 2.64 bits per heavy atom. The van der Waals surface area contributed by atoms with Crippen LogP contribution in [0.2, 0.25) is 10.0 Å². The predicted molar refractivity (Wildman–Crippen MR) is 139 cm³/mol. The normalized spacial score (nSPS) is 11.1. The first kappa shape index (κ1) is 24.0. The van der Waals surface area contributed by atoms with Crippen LogP contribution in [0.3, 0.4) is 0 Å². The Labute approximate surface area is 213 Å². The molecule has 0 unspecified atom stereocenters. The van der Waals surface area contributed by atoms with Crippen molar-refractivity contribution in [3.05, 3.63) is 74.2 Å². The molecule has 0 aliphatic carbocycles. The van der Waals surface area contributed by atoms with E-state index in [4.69, 9.17) is 28.2 Å². The van der Waals surface area contributed by atoms with Gasteiger partial charge in [0.2, 0.25) is 0 Å². The van der Waals surface area contributed by atoms with Crippen LogP contribution in [0, 0.1) is 12.7 Å². The molecule has 0 fully saturated rings. The molecule has 0 radical (unpaired) electrons. The number of hydrogen-bond acceptors (Lipinski definition) is 6. The first-order valence-electron chi connectivity index (χ1n) is 9.77. The van der Waals surface area contributed by atoms with Gasteiger partial charge in [-0.2, -0.15) is 0 Å². The molecule has 0 saturated heterocycles. The van der Waals surface area contributed by atoms with Crippen LogP contribution in [0.5, 0.6) is 0 Å². The van der Waals surface area contributed by atoms with E-state index in [1.165, 1.54) is 6.07 Å². The van der Waals surface area contributed by atoms with Gasteiger partial charge in [0.05, 0.1) is 22.8 Å². The van der Waals surface area contributed by atoms with Gasteiger partial charge in [0.1, 0.15) is 11.6 Å². The molecule has 5 nitrogen and oxygen atoms in total. The van der Waals surface area contributed by atoms with Crippen LogP contribution in [-0.4, -0.2) is 22.1 Å². The van der Waals surface area contributed by atoms with E-state index in [-0.39, 0.29) is 12.3 Å². The summed E-state index contributed by atoms with van der Waals surface area (Å²) in [5.74, 6) is 0.294. The van der Waals surface area contributed by atoms with Gasteiger partial charge in [0, 0.05) is 50.3 Å². The number of aliphatic hydroxyl groups excluding tert-OH is 1. The Hall–Kier alpha value is -2.10. The van der Waals surface area contributed by atoms with Crippen LogP contribution in [0.15, 0.2) is 52.0 Å². The van der Waals surface area contributed by atoms with Gasteiger partial charge >= 0.3 is 0 Å². The molecule has 0 aliphatic heterocycles. The number of aliphatic hydroxyl groups is 1. The number of benzene rings is 2. The Morgan fingerprint density at radius 2 is 1.91 bits per heavy atom. The average molecular weight is 568 g/mol. The van der Waals surface area contributed by atoms with Crippen molar-refractivity contribution >= 4 is 73.5 Å². The second-order valence-electron chi connectivity index (χ2n) is 7.18. The number of fused-ring (bicyclic) bond motifs is 1. The highest BCUT2D eigenvalue weighted by Crippen LogP contribution is 2.38. The highest BCUT2D eigenvalue weighted by atomic mass is 79.9. The van der Waals surface area contributed by atoms with Gasteiger partial charge in [-0.15, -0.1) is 0 Å². The lowest BCUT2D eigenvalue weighted by Gasteiger charge is -2.15. The molecule has 2 heterocycles. The van der Waals surface area contributed by atoms with Gasteiger partial charge < -0.3 is 15.1 Å². The topological polar surface area (TPSA) is 70.1 Å². The molecule has 4 rings (SSSR count). The number of aromatic nitrogens is 2. The first-order valence-corrected chi connectivity index (χ1v) is 12.1. The molecule has 0 aliphatic rings. The molecule has 3 N–H and O–H groups in total. The first-order chi connectivity index (χ1) is 15.8. The monoisotopic (exact) mass is 566 g/mol. The third kappa shape index (κ3) is 5.05. The van der Waals surface area contributed by atoms with Crippen molar-refractivity contribution < 1.29 is 9.50 Å². The molecule has 2 aromatic carbocycles. The van der Waals surface area contributed by atoms with Crippen LogP contribution < -0.4 is 10.0 Å². The predicted octanol–water partition coefficient (Wildman–Crippen LogP) is 7.47. The summed E-state index contributed by atoms with van der Waals surface area (Å²) >= 11 is 17.0. The zero-order valence-corrected chi connectivity index (χ0v) is 21.4. The van der Waals surface area contributed by atoms with E-state index in [9.17, 15) is 9.50 Å². The molecule has 10 heteroatoms. The number of hydrogen-bond donors (Lipinski definition) is 3. The number of aryl methyl sites for hydroxylation is 1. The third-order valence-electron chi connectivity index (χ3n) is 5.01. The van der Waals surface area contributed by atoms with Crippen LogP contribution >= 0.6 is 51.1 Å². The Bertz CT molecular complexity index is 1370. The van der Waals surface area contributed by atoms with E-state index in [0.29, 0.717) is 25.0 Å². The van der Waals surface area contributed by atoms with E-state index in [1.807, 2.05) is 19.1 Å². The Balaban J connectivity index is 1.71. The number of halogens is 4. The zero-order valence-electron chi connectivity index (χ0n) is 17.5. The number of anilines is 2. The molecule has 0 amide bonds. The Morgan fingerprint density at radius 1 is 1.12 bits per heavy atom. The summed E-state index contributed by atoms with van der Waals surface area (Å²) in [6.07, 6.45) is 1.75. The minimum atomic E-state index is -0.439. The molecular formula is C23H18BrCl2FN4OS. The van der Waals surface area contributed by atoms with Gasteiger partial charge in [0.25, 0.3) is 0 Å². The highest BCUT2D eigenvalue weighted by Gasteiger charge is 2.15. The minimum absolute atomic E-state index is 0.247. The standard InChI is InChI=1S/C23H18BrCl2FN4OS/c1-11-15(4-12-9-29-22(28-2)8-19(12)30-11)16-6-20(18(27)7-17(16)24)31-33-21-5-14(25)3-13(10-32)23(21)26/h3-9,31-32H,10H2,1-2H3,(H,28,29). The molecule has 4 aromatic rings. The van der Waals surface area contributed by atoms with E-state index in [0.717, 1.165) is 45.5 Å². The van der Waals surface area contributed by atoms with Crippen LogP contribution in [0.1, 0.15) is 11.3 Å². The minimum Gasteiger partial charge on any atom is -0.392 e. The average Bonchev–Trinajstić information content (AvgIpc) is 2.79. The SMILES string of the molecule is CNc1cc2nc(C)c(-c3cc(NSc4cc(Cl)cc(CO)c4Cl)c(F)cc3Br)cc2cn1. The van der Waals surface area contributed by atoms with Crippen molar-refractivity contribution in [3.63, 3.8) is 0 Å². The molecule has 2 aromatic heterocycles. The summed E-state index contributed by atoms with van der Waals surface area (Å²) in [5, 5.41) is 14.1. The van der Waals surface area contributed by atoms with E-state index in [1.54, 1.807) is 31.4 Å². The fourth-order valence-electron chi connectivity index (χ4n) is 3.32. The molecule has 0 atom stereocenters. The zero-order chi connectivity index (χ0) is 23.7. The van der Waals surface area contributed by atoms with Crippen molar-refractivity contribution in [2.24, 2.45) is 0 Å². The number of rotatable bonds is 6. The van der Waals surface area contributed by atoms with E-state index >= 15 is 0 Å². The Kier molecular flexibility index (Phi) is 7.31. The maximum Gasteiger partial charge on any atom is 0.148 e. The van der Waals surface area contributed by atoms with Gasteiger partial charge in [-0.25, -0.2) is 9.37 Å². The molecule has 33 heavy (non-hydrogen) atoms. The van der Waals surface area contributed by atoms with E-state index in [2.05, 4.69) is 31.0 Å². The number of nitrogens with one attached hydrogen (secondary N) is 2. The smallest absolute Gasteiger partial charge is 0.148 e. The summed E-state index contributed by atoms with van der Waals surface area (Å²) in [4.78, 5) is 9.64. The van der Waals surface area contributed by atoms with Crippen LogP contribution in [-0.2, 0) is 6.61 Å². The van der Waals surface area contributed by atoms with Gasteiger partial charge in [-0.3, -0.25) is 4.98 Å². The number of pyridine rings is 2. The largest absolute Gasteiger partial charge is 0.392 e.